The average Bonchev–Trinajstić information content (AvgIpc) is 3.19. The number of aromatic carboxylic acids is 1. The van der Waals surface area contributed by atoms with Gasteiger partial charge in [-0.2, -0.15) is 5.10 Å². The molecule has 0 unspecified atom stereocenters. The number of carboxylic acids is 1. The van der Waals surface area contributed by atoms with Crippen molar-refractivity contribution in [2.45, 2.75) is 26.4 Å². The SMILES string of the molecule is Cc1cc(=O)n(Cc2cccc(C(=O)O)c2)nc1-c1cccc(CCn2c(N)nc3ccccc32)c1.[H-].[Li+]. The number of aromatic nitrogens is 4. The van der Waals surface area contributed by atoms with E-state index in [0.29, 0.717) is 23.8 Å². The molecule has 0 bridgehead atoms. The Morgan fingerprint density at radius 3 is 2.57 bits per heavy atom. The number of nitrogens with two attached hydrogens (primary N) is 1. The number of carbonyl (C=O) groups is 1. The first kappa shape index (κ1) is 26.0. The Hall–Kier alpha value is -4.12. The van der Waals surface area contributed by atoms with Crippen LogP contribution in [0.4, 0.5) is 5.95 Å². The smallest absolute Gasteiger partial charge is 1.00 e. The van der Waals surface area contributed by atoms with Crippen molar-refractivity contribution in [1.82, 2.24) is 19.3 Å². The van der Waals surface area contributed by atoms with Crippen LogP contribution >= 0.6 is 0 Å². The zero-order chi connectivity index (χ0) is 25.2. The Balaban J connectivity index is 0.00000200. The van der Waals surface area contributed by atoms with Gasteiger partial charge in [-0.15, -0.1) is 0 Å². The number of anilines is 1. The maximum atomic E-state index is 12.7. The van der Waals surface area contributed by atoms with Gasteiger partial charge in [-0.1, -0.05) is 42.5 Å². The van der Waals surface area contributed by atoms with E-state index < -0.39 is 5.97 Å². The minimum atomic E-state index is -1.01. The van der Waals surface area contributed by atoms with E-state index in [4.69, 9.17) is 5.73 Å². The molecular weight excluding hydrogens is 461 g/mol. The molecular formula is C28H26LiN5O3. The summed E-state index contributed by atoms with van der Waals surface area (Å²) in [6.45, 7) is 2.73. The third kappa shape index (κ3) is 5.51. The second-order valence-electron chi connectivity index (χ2n) is 8.74. The van der Waals surface area contributed by atoms with E-state index in [2.05, 4.69) is 22.2 Å². The fourth-order valence-electron chi connectivity index (χ4n) is 4.40. The van der Waals surface area contributed by atoms with Gasteiger partial charge in [0.25, 0.3) is 5.56 Å². The molecule has 8 nitrogen and oxygen atoms in total. The summed E-state index contributed by atoms with van der Waals surface area (Å²) in [7, 11) is 0. The minimum Gasteiger partial charge on any atom is -1.00 e. The van der Waals surface area contributed by atoms with Crippen molar-refractivity contribution in [3.63, 3.8) is 0 Å². The van der Waals surface area contributed by atoms with Crippen LogP contribution in [-0.4, -0.2) is 30.4 Å². The van der Waals surface area contributed by atoms with Gasteiger partial charge >= 0.3 is 24.8 Å². The molecule has 0 fully saturated rings. The number of para-hydroxylation sites is 2. The molecule has 0 aliphatic rings. The molecule has 5 aromatic rings. The number of rotatable bonds is 7. The summed E-state index contributed by atoms with van der Waals surface area (Å²) in [5.74, 6) is -0.520. The number of nitrogens with zero attached hydrogens (tertiary/aromatic N) is 4. The standard InChI is InChI=1S/C28H25N5O3.Li.H/c1-18-14-25(34)33(17-20-7-5-9-22(16-20)27(35)36)31-26(18)21-8-4-6-19(15-21)12-13-32-24-11-3-2-10-23(24)30-28(32)29;;/h2-11,14-16H,12-13,17H2,1H3,(H2,29,30)(H,35,36);;/q;+1;-1. The van der Waals surface area contributed by atoms with E-state index in [1.165, 1.54) is 10.7 Å². The van der Waals surface area contributed by atoms with E-state index in [1.807, 2.05) is 47.9 Å². The third-order valence-corrected chi connectivity index (χ3v) is 6.20. The molecule has 9 heteroatoms. The van der Waals surface area contributed by atoms with E-state index in [0.717, 1.165) is 34.1 Å². The Morgan fingerprint density at radius 1 is 1.00 bits per heavy atom. The van der Waals surface area contributed by atoms with Crippen molar-refractivity contribution in [2.75, 3.05) is 5.73 Å². The first-order valence-electron chi connectivity index (χ1n) is 11.6. The molecule has 0 aliphatic heterocycles. The number of benzene rings is 3. The molecule has 2 heterocycles. The predicted octanol–water partition coefficient (Wildman–Crippen LogP) is 1.26. The molecule has 0 amide bonds. The number of nitrogen functional groups attached to an aromatic ring is 1. The molecule has 0 atom stereocenters. The number of carboxylic acid groups (broad SMARTS) is 1. The summed E-state index contributed by atoms with van der Waals surface area (Å²) in [6.07, 6.45) is 0.749. The Kier molecular flexibility index (Phi) is 7.63. The fourth-order valence-corrected chi connectivity index (χ4v) is 4.40. The average molecular weight is 487 g/mol. The Labute approximate surface area is 227 Å². The van der Waals surface area contributed by atoms with Crippen LogP contribution < -0.4 is 30.2 Å². The maximum Gasteiger partial charge on any atom is 1.00 e. The molecule has 3 N–H and O–H groups in total. The minimum absolute atomic E-state index is 0. The van der Waals surface area contributed by atoms with Gasteiger partial charge in [-0.3, -0.25) is 4.79 Å². The van der Waals surface area contributed by atoms with Crippen LogP contribution in [-0.2, 0) is 19.5 Å². The zero-order valence-electron chi connectivity index (χ0n) is 21.8. The van der Waals surface area contributed by atoms with Crippen molar-refractivity contribution in [3.05, 3.63) is 111 Å². The summed E-state index contributed by atoms with van der Waals surface area (Å²) in [4.78, 5) is 28.4. The zero-order valence-corrected chi connectivity index (χ0v) is 20.8. The van der Waals surface area contributed by atoms with Crippen molar-refractivity contribution >= 4 is 23.0 Å². The van der Waals surface area contributed by atoms with Crippen LogP contribution in [0.15, 0.2) is 83.7 Å². The van der Waals surface area contributed by atoms with Crippen LogP contribution in [0.25, 0.3) is 22.3 Å². The van der Waals surface area contributed by atoms with Gasteiger partial charge in [0.2, 0.25) is 5.95 Å². The molecule has 0 saturated carbocycles. The van der Waals surface area contributed by atoms with Crippen LogP contribution in [0.5, 0.6) is 0 Å². The molecule has 0 radical (unpaired) electrons. The molecule has 0 saturated heterocycles. The summed E-state index contributed by atoms with van der Waals surface area (Å²) < 4.78 is 3.38. The van der Waals surface area contributed by atoms with Gasteiger partial charge in [-0.05, 0) is 60.4 Å². The molecule has 0 spiro atoms. The second-order valence-corrected chi connectivity index (χ2v) is 8.74. The number of imidazole rings is 1. The quantitative estimate of drug-likeness (QED) is 0.334. The normalized spacial score (nSPS) is 10.8. The maximum absolute atomic E-state index is 12.7. The van der Waals surface area contributed by atoms with E-state index in [1.54, 1.807) is 24.3 Å². The fraction of sp³-hybridized carbons (Fsp3) is 0.143. The first-order valence-corrected chi connectivity index (χ1v) is 11.6. The van der Waals surface area contributed by atoms with E-state index >= 15 is 0 Å². The Morgan fingerprint density at radius 2 is 1.76 bits per heavy atom. The summed E-state index contributed by atoms with van der Waals surface area (Å²) in [6, 6.07) is 24.1. The third-order valence-electron chi connectivity index (χ3n) is 6.20. The summed E-state index contributed by atoms with van der Waals surface area (Å²) >= 11 is 0. The Bertz CT molecular complexity index is 1660. The van der Waals surface area contributed by atoms with E-state index in [-0.39, 0.29) is 38.0 Å². The summed E-state index contributed by atoms with van der Waals surface area (Å²) in [5, 5.41) is 13.9. The topological polar surface area (TPSA) is 116 Å². The van der Waals surface area contributed by atoms with Crippen LogP contribution in [0.2, 0.25) is 0 Å². The van der Waals surface area contributed by atoms with Crippen LogP contribution in [0, 0.1) is 6.92 Å². The number of hydrogen-bond donors (Lipinski definition) is 2. The van der Waals surface area contributed by atoms with Crippen LogP contribution in [0.1, 0.15) is 28.5 Å². The largest absolute Gasteiger partial charge is 1.00 e. The van der Waals surface area contributed by atoms with Crippen molar-refractivity contribution < 1.29 is 30.2 Å². The monoisotopic (exact) mass is 487 g/mol. The summed E-state index contributed by atoms with van der Waals surface area (Å²) in [5.41, 5.74) is 12.2. The van der Waals surface area contributed by atoms with Crippen molar-refractivity contribution in [1.29, 1.82) is 0 Å². The number of hydrogen-bond acceptors (Lipinski definition) is 5. The number of aryl methyl sites for hydroxylation is 3. The van der Waals surface area contributed by atoms with Gasteiger partial charge in [0.15, 0.2) is 0 Å². The van der Waals surface area contributed by atoms with Gasteiger partial charge < -0.3 is 16.8 Å². The van der Waals surface area contributed by atoms with Crippen molar-refractivity contribution in [3.8, 4) is 11.3 Å². The van der Waals surface area contributed by atoms with E-state index in [9.17, 15) is 14.7 Å². The molecule has 0 aliphatic carbocycles. The number of fused-ring (bicyclic) bond motifs is 1. The molecule has 5 rings (SSSR count). The van der Waals surface area contributed by atoms with Gasteiger partial charge in [0.1, 0.15) is 0 Å². The predicted molar refractivity (Wildman–Crippen MR) is 140 cm³/mol. The van der Waals surface area contributed by atoms with Gasteiger partial charge in [-0.25, -0.2) is 14.5 Å². The van der Waals surface area contributed by atoms with Gasteiger partial charge in [0, 0.05) is 18.2 Å². The van der Waals surface area contributed by atoms with Crippen LogP contribution in [0.3, 0.4) is 0 Å². The van der Waals surface area contributed by atoms with Crippen molar-refractivity contribution in [2.24, 2.45) is 0 Å². The second kappa shape index (κ2) is 10.9. The molecule has 182 valence electrons. The molecule has 3 aromatic carbocycles. The molecule has 37 heavy (non-hydrogen) atoms. The van der Waals surface area contributed by atoms with Gasteiger partial charge in [0.05, 0.1) is 28.8 Å². The first-order chi connectivity index (χ1) is 17.4. The molecule has 2 aromatic heterocycles.